The van der Waals surface area contributed by atoms with Crippen molar-refractivity contribution in [2.45, 2.75) is 38.8 Å². The molecular weight excluding hydrogens is 186 g/mol. The van der Waals surface area contributed by atoms with Crippen LogP contribution in [0.15, 0.2) is 0 Å². The first kappa shape index (κ1) is 10.8. The van der Waals surface area contributed by atoms with Crippen molar-refractivity contribution < 1.29 is 19.4 Å². The average Bonchev–Trinajstić information content (AvgIpc) is 2.80. The molecule has 0 aromatic carbocycles. The van der Waals surface area contributed by atoms with Crippen LogP contribution >= 0.6 is 0 Å². The number of hydrogen-bond donors (Lipinski definition) is 1. The van der Waals surface area contributed by atoms with E-state index in [0.717, 1.165) is 12.8 Å². The van der Waals surface area contributed by atoms with Gasteiger partial charge >= 0.3 is 12.1 Å². The number of hydrogen-bond acceptors (Lipinski definition) is 3. The van der Waals surface area contributed by atoms with Crippen molar-refractivity contribution in [3.63, 3.8) is 0 Å². The fourth-order valence-corrected chi connectivity index (χ4v) is 1.14. The summed E-state index contributed by atoms with van der Waals surface area (Å²) in [4.78, 5) is 23.2. The fourth-order valence-electron chi connectivity index (χ4n) is 1.14. The number of carbonyl (C=O) groups excluding carboxylic acids is 1. The van der Waals surface area contributed by atoms with E-state index in [1.807, 2.05) is 0 Å². The summed E-state index contributed by atoms with van der Waals surface area (Å²) in [6.45, 7) is 3.21. The summed E-state index contributed by atoms with van der Waals surface area (Å²) in [7, 11) is 0. The highest BCUT2D eigenvalue weighted by molar-refractivity contribution is 5.77. The van der Waals surface area contributed by atoms with Gasteiger partial charge in [-0.3, -0.25) is 9.69 Å². The Hall–Kier alpha value is -1.26. The molecule has 5 nitrogen and oxygen atoms in total. The first-order chi connectivity index (χ1) is 6.50. The van der Waals surface area contributed by atoms with E-state index in [1.165, 1.54) is 4.90 Å². The summed E-state index contributed by atoms with van der Waals surface area (Å²) in [6.07, 6.45) is 1.02. The Balaban J connectivity index is 2.48. The minimum absolute atomic E-state index is 0.0670. The van der Waals surface area contributed by atoms with Crippen molar-refractivity contribution in [3.8, 4) is 0 Å². The van der Waals surface area contributed by atoms with Gasteiger partial charge in [0.25, 0.3) is 0 Å². The van der Waals surface area contributed by atoms with Crippen molar-refractivity contribution in [1.29, 1.82) is 0 Å². The lowest BCUT2D eigenvalue weighted by molar-refractivity contribution is -0.138. The zero-order valence-electron chi connectivity index (χ0n) is 8.40. The summed E-state index contributed by atoms with van der Waals surface area (Å²) in [5.74, 6) is -1.00. The predicted molar refractivity (Wildman–Crippen MR) is 49.0 cm³/mol. The maximum atomic E-state index is 11.4. The zero-order chi connectivity index (χ0) is 10.7. The largest absolute Gasteiger partial charge is 0.480 e. The molecule has 1 rings (SSSR count). The monoisotopic (exact) mass is 201 g/mol. The van der Waals surface area contributed by atoms with Gasteiger partial charge in [0.05, 0.1) is 6.10 Å². The van der Waals surface area contributed by atoms with Gasteiger partial charge in [0.2, 0.25) is 0 Å². The molecule has 1 fully saturated rings. The molecule has 0 bridgehead atoms. The van der Waals surface area contributed by atoms with Crippen molar-refractivity contribution in [3.05, 3.63) is 0 Å². The molecule has 5 heteroatoms. The van der Waals surface area contributed by atoms with Gasteiger partial charge in [-0.1, -0.05) is 0 Å². The summed E-state index contributed by atoms with van der Waals surface area (Å²) in [5.41, 5.74) is 0. The van der Waals surface area contributed by atoms with E-state index in [9.17, 15) is 9.59 Å². The number of carbonyl (C=O) groups is 2. The molecule has 1 amide bonds. The van der Waals surface area contributed by atoms with Crippen LogP contribution < -0.4 is 0 Å². The molecule has 1 N–H and O–H groups in total. The van der Waals surface area contributed by atoms with Gasteiger partial charge in [-0.2, -0.15) is 0 Å². The number of rotatable bonds is 4. The highest BCUT2D eigenvalue weighted by Gasteiger charge is 2.35. The Morgan fingerprint density at radius 2 is 2.07 bits per heavy atom. The van der Waals surface area contributed by atoms with Gasteiger partial charge in [-0.05, 0) is 26.7 Å². The molecule has 0 spiro atoms. The van der Waals surface area contributed by atoms with E-state index < -0.39 is 12.1 Å². The SMILES string of the molecule is CC(C)OC(=O)N(CC(=O)O)C1CC1. The van der Waals surface area contributed by atoms with E-state index in [1.54, 1.807) is 13.8 Å². The molecule has 1 aliphatic rings. The minimum Gasteiger partial charge on any atom is -0.480 e. The number of carboxylic acids is 1. The molecule has 1 saturated carbocycles. The molecular formula is C9H15NO4. The van der Waals surface area contributed by atoms with Crippen LogP contribution in [0.5, 0.6) is 0 Å². The lowest BCUT2D eigenvalue weighted by Crippen LogP contribution is -2.38. The van der Waals surface area contributed by atoms with Gasteiger partial charge in [0.1, 0.15) is 6.54 Å². The smallest absolute Gasteiger partial charge is 0.410 e. The Labute approximate surface area is 82.6 Å². The molecule has 0 saturated heterocycles. The van der Waals surface area contributed by atoms with Crippen molar-refractivity contribution >= 4 is 12.1 Å². The molecule has 0 atom stereocenters. The fraction of sp³-hybridized carbons (Fsp3) is 0.778. The standard InChI is InChI=1S/C9H15NO4/c1-6(2)14-9(13)10(5-8(11)12)7-3-4-7/h6-7H,3-5H2,1-2H3,(H,11,12). The van der Waals surface area contributed by atoms with Crippen LogP contribution in [-0.2, 0) is 9.53 Å². The van der Waals surface area contributed by atoms with E-state index >= 15 is 0 Å². The Morgan fingerprint density at radius 3 is 2.43 bits per heavy atom. The van der Waals surface area contributed by atoms with Gasteiger partial charge in [0.15, 0.2) is 0 Å². The topological polar surface area (TPSA) is 66.8 Å². The van der Waals surface area contributed by atoms with Crippen LogP contribution in [-0.4, -0.2) is 40.8 Å². The van der Waals surface area contributed by atoms with E-state index in [0.29, 0.717) is 0 Å². The molecule has 80 valence electrons. The predicted octanol–water partition coefficient (Wildman–Crippen LogP) is 1.08. The van der Waals surface area contributed by atoms with Crippen molar-refractivity contribution in [1.82, 2.24) is 4.90 Å². The number of carboxylic acid groups (broad SMARTS) is 1. The van der Waals surface area contributed by atoms with Gasteiger partial charge in [-0.15, -0.1) is 0 Å². The third-order valence-corrected chi connectivity index (χ3v) is 1.86. The number of amides is 1. The third kappa shape index (κ3) is 3.24. The first-order valence-corrected chi connectivity index (χ1v) is 4.69. The summed E-state index contributed by atoms with van der Waals surface area (Å²) >= 11 is 0. The minimum atomic E-state index is -1.00. The van der Waals surface area contributed by atoms with Gasteiger partial charge in [-0.25, -0.2) is 4.79 Å². The van der Waals surface area contributed by atoms with Gasteiger partial charge in [0, 0.05) is 6.04 Å². The highest BCUT2D eigenvalue weighted by Crippen LogP contribution is 2.27. The Morgan fingerprint density at radius 1 is 1.50 bits per heavy atom. The Kier molecular flexibility index (Phi) is 3.33. The summed E-state index contributed by atoms with van der Waals surface area (Å²) in [6, 6.07) is 0.0670. The molecule has 0 unspecified atom stereocenters. The highest BCUT2D eigenvalue weighted by atomic mass is 16.6. The molecule has 0 heterocycles. The molecule has 0 aromatic heterocycles. The van der Waals surface area contributed by atoms with Crippen molar-refractivity contribution in [2.24, 2.45) is 0 Å². The lowest BCUT2D eigenvalue weighted by atomic mass is 10.4. The van der Waals surface area contributed by atoms with Crippen LogP contribution in [0.1, 0.15) is 26.7 Å². The first-order valence-electron chi connectivity index (χ1n) is 4.69. The lowest BCUT2D eigenvalue weighted by Gasteiger charge is -2.20. The molecule has 14 heavy (non-hydrogen) atoms. The summed E-state index contributed by atoms with van der Waals surface area (Å²) in [5, 5.41) is 8.59. The summed E-state index contributed by atoms with van der Waals surface area (Å²) < 4.78 is 4.94. The van der Waals surface area contributed by atoms with E-state index in [4.69, 9.17) is 9.84 Å². The maximum Gasteiger partial charge on any atom is 0.410 e. The number of aliphatic carboxylic acids is 1. The second-order valence-corrected chi connectivity index (χ2v) is 3.69. The maximum absolute atomic E-state index is 11.4. The van der Waals surface area contributed by atoms with Crippen molar-refractivity contribution in [2.75, 3.05) is 6.54 Å². The van der Waals surface area contributed by atoms with Crippen LogP contribution in [0.2, 0.25) is 0 Å². The van der Waals surface area contributed by atoms with Crippen LogP contribution in [0.25, 0.3) is 0 Å². The molecule has 1 aliphatic carbocycles. The van der Waals surface area contributed by atoms with E-state index in [2.05, 4.69) is 0 Å². The second kappa shape index (κ2) is 4.30. The average molecular weight is 201 g/mol. The third-order valence-electron chi connectivity index (χ3n) is 1.86. The van der Waals surface area contributed by atoms with Gasteiger partial charge < -0.3 is 9.84 Å². The normalized spacial score (nSPS) is 15.4. The van der Waals surface area contributed by atoms with E-state index in [-0.39, 0.29) is 18.7 Å². The van der Waals surface area contributed by atoms with Crippen LogP contribution in [0.3, 0.4) is 0 Å². The van der Waals surface area contributed by atoms with Crippen LogP contribution in [0.4, 0.5) is 4.79 Å². The quantitative estimate of drug-likeness (QED) is 0.739. The second-order valence-electron chi connectivity index (χ2n) is 3.69. The molecule has 0 radical (unpaired) electrons. The molecule has 0 aromatic rings. The molecule has 0 aliphatic heterocycles. The van der Waals surface area contributed by atoms with Crippen LogP contribution in [0, 0.1) is 0 Å². The number of ether oxygens (including phenoxy) is 1. The number of nitrogens with zero attached hydrogens (tertiary/aromatic N) is 1. The Bertz CT molecular complexity index is 235. The zero-order valence-corrected chi connectivity index (χ0v) is 8.40.